The molecule has 0 radical (unpaired) electrons. The van der Waals surface area contributed by atoms with Gasteiger partial charge in [-0.15, -0.1) is 0 Å². The molecular formula is C22H18BrClN2O. The van der Waals surface area contributed by atoms with Gasteiger partial charge >= 0.3 is 0 Å². The molecule has 0 amide bonds. The third kappa shape index (κ3) is 4.08. The number of halogens is 2. The molecule has 0 saturated carbocycles. The summed E-state index contributed by atoms with van der Waals surface area (Å²) >= 11 is 9.53. The van der Waals surface area contributed by atoms with E-state index in [1.807, 2.05) is 54.6 Å². The molecule has 0 bridgehead atoms. The van der Waals surface area contributed by atoms with Crippen LogP contribution in [0.2, 0.25) is 5.02 Å². The van der Waals surface area contributed by atoms with Crippen molar-refractivity contribution >= 4 is 33.2 Å². The van der Waals surface area contributed by atoms with Gasteiger partial charge in [-0.3, -0.25) is 10.3 Å². The number of rotatable bonds is 3. The first-order chi connectivity index (χ1) is 13.1. The zero-order chi connectivity index (χ0) is 18.8. The average molecular weight is 442 g/mol. The van der Waals surface area contributed by atoms with E-state index in [0.717, 1.165) is 26.9 Å². The first-order valence-electron chi connectivity index (χ1n) is 8.72. The van der Waals surface area contributed by atoms with E-state index in [0.29, 0.717) is 17.2 Å². The lowest BCUT2D eigenvalue weighted by Crippen LogP contribution is -2.33. The van der Waals surface area contributed by atoms with Crippen molar-refractivity contribution in [3.05, 3.63) is 99.0 Å². The number of benzene rings is 3. The second-order valence-electron chi connectivity index (χ2n) is 6.52. The summed E-state index contributed by atoms with van der Waals surface area (Å²) in [7, 11) is 0. The fourth-order valence-electron chi connectivity index (χ4n) is 3.32. The van der Waals surface area contributed by atoms with E-state index in [1.54, 1.807) is 6.07 Å². The Morgan fingerprint density at radius 1 is 0.963 bits per heavy atom. The van der Waals surface area contributed by atoms with Gasteiger partial charge in [0.2, 0.25) is 0 Å². The number of aliphatic imine (C=N–C) groups is 1. The number of aromatic hydroxyl groups is 1. The normalized spacial score (nSPS) is 19.6. The van der Waals surface area contributed by atoms with Crippen molar-refractivity contribution in [1.29, 1.82) is 0 Å². The third-order valence-electron chi connectivity index (χ3n) is 4.72. The number of phenolic OH excluding ortho intramolecular Hbond substituents is 1. The van der Waals surface area contributed by atoms with Crippen LogP contribution in [0.5, 0.6) is 5.75 Å². The van der Waals surface area contributed by atoms with Gasteiger partial charge in [-0.05, 0) is 41.5 Å². The second kappa shape index (κ2) is 7.85. The summed E-state index contributed by atoms with van der Waals surface area (Å²) in [6.07, 6.45) is 0.494. The number of nitrogens with one attached hydrogen (secondary N) is 1. The largest absolute Gasteiger partial charge is 0.508 e. The molecule has 0 unspecified atom stereocenters. The van der Waals surface area contributed by atoms with Crippen LogP contribution in [-0.2, 0) is 0 Å². The van der Waals surface area contributed by atoms with E-state index in [4.69, 9.17) is 16.6 Å². The smallest absolute Gasteiger partial charge is 0.126 e. The van der Waals surface area contributed by atoms with Crippen molar-refractivity contribution < 1.29 is 5.11 Å². The second-order valence-corrected chi connectivity index (χ2v) is 7.87. The van der Waals surface area contributed by atoms with Crippen molar-refractivity contribution in [3.63, 3.8) is 0 Å². The standard InChI is InChI=1S/C22H18BrClN2O/c23-16-9-5-15(6-10-16)22-25-19(14-7-11-17(24)12-8-14)13-20(26-22)18-3-1-2-4-21(18)27/h1-12,20,22,26-27H,13H2/t20-,22-/m1/s1. The molecule has 136 valence electrons. The molecule has 2 atom stereocenters. The number of para-hydroxylation sites is 1. The monoisotopic (exact) mass is 440 g/mol. The molecule has 1 heterocycles. The minimum Gasteiger partial charge on any atom is -0.508 e. The summed E-state index contributed by atoms with van der Waals surface area (Å²) in [5.41, 5.74) is 3.99. The van der Waals surface area contributed by atoms with Gasteiger partial charge in [0.05, 0.1) is 0 Å². The Morgan fingerprint density at radius 2 is 1.67 bits per heavy atom. The molecule has 4 rings (SSSR count). The SMILES string of the molecule is Oc1ccccc1[C@H]1CC(c2ccc(Cl)cc2)=N[C@@H](c2ccc(Br)cc2)N1. The van der Waals surface area contributed by atoms with Gasteiger partial charge in [-0.2, -0.15) is 0 Å². The van der Waals surface area contributed by atoms with Crippen LogP contribution < -0.4 is 5.32 Å². The van der Waals surface area contributed by atoms with Crippen molar-refractivity contribution in [2.45, 2.75) is 18.6 Å². The molecule has 5 heteroatoms. The predicted octanol–water partition coefficient (Wildman–Crippen LogP) is 6.03. The van der Waals surface area contributed by atoms with E-state index in [1.165, 1.54) is 0 Å². The van der Waals surface area contributed by atoms with Crippen LogP contribution in [0.1, 0.15) is 35.3 Å². The molecule has 3 aromatic rings. The Hall–Kier alpha value is -2.14. The van der Waals surface area contributed by atoms with Crippen LogP contribution in [0.25, 0.3) is 0 Å². The summed E-state index contributed by atoms with van der Waals surface area (Å²) in [6, 6.07) is 23.3. The molecule has 1 aliphatic heterocycles. The minimum atomic E-state index is -0.192. The van der Waals surface area contributed by atoms with Crippen LogP contribution in [0, 0.1) is 0 Å². The van der Waals surface area contributed by atoms with Crippen LogP contribution in [0.15, 0.2) is 82.3 Å². The minimum absolute atomic E-state index is 0.0389. The molecule has 27 heavy (non-hydrogen) atoms. The van der Waals surface area contributed by atoms with Crippen molar-refractivity contribution in [2.24, 2.45) is 4.99 Å². The Kier molecular flexibility index (Phi) is 5.30. The quantitative estimate of drug-likeness (QED) is 0.521. The van der Waals surface area contributed by atoms with Gasteiger partial charge in [0.25, 0.3) is 0 Å². The molecule has 0 aromatic heterocycles. The van der Waals surface area contributed by atoms with E-state index >= 15 is 0 Å². The number of nitrogens with zero attached hydrogens (tertiary/aromatic N) is 1. The fraction of sp³-hybridized carbons (Fsp3) is 0.136. The summed E-state index contributed by atoms with van der Waals surface area (Å²) < 4.78 is 1.03. The van der Waals surface area contributed by atoms with Crippen molar-refractivity contribution in [1.82, 2.24) is 5.32 Å². The highest BCUT2D eigenvalue weighted by Gasteiger charge is 2.27. The van der Waals surface area contributed by atoms with Crippen molar-refractivity contribution in [2.75, 3.05) is 0 Å². The van der Waals surface area contributed by atoms with Gasteiger partial charge in [0.1, 0.15) is 11.9 Å². The molecule has 1 aliphatic rings. The zero-order valence-corrected chi connectivity index (χ0v) is 16.8. The molecule has 2 N–H and O–H groups in total. The van der Waals surface area contributed by atoms with Crippen LogP contribution in [0.4, 0.5) is 0 Å². The number of hydrogen-bond donors (Lipinski definition) is 2. The fourth-order valence-corrected chi connectivity index (χ4v) is 3.71. The highest BCUT2D eigenvalue weighted by atomic mass is 79.9. The first kappa shape index (κ1) is 18.2. The third-order valence-corrected chi connectivity index (χ3v) is 5.50. The molecule has 0 saturated heterocycles. The van der Waals surface area contributed by atoms with Gasteiger partial charge in [-0.1, -0.05) is 70.0 Å². The van der Waals surface area contributed by atoms with Gasteiger partial charge in [0.15, 0.2) is 0 Å². The Labute approximate surface area is 171 Å². The maximum absolute atomic E-state index is 10.3. The summed E-state index contributed by atoms with van der Waals surface area (Å²) in [4.78, 5) is 4.95. The van der Waals surface area contributed by atoms with Crippen LogP contribution in [0.3, 0.4) is 0 Å². The molecular weight excluding hydrogens is 424 g/mol. The lowest BCUT2D eigenvalue weighted by Gasteiger charge is -2.31. The summed E-state index contributed by atoms with van der Waals surface area (Å²) in [6.45, 7) is 0. The number of hydrogen-bond acceptors (Lipinski definition) is 3. The van der Waals surface area contributed by atoms with E-state index in [9.17, 15) is 5.11 Å². The maximum Gasteiger partial charge on any atom is 0.126 e. The Balaban J connectivity index is 1.75. The molecule has 0 spiro atoms. The van der Waals surface area contributed by atoms with Crippen LogP contribution >= 0.6 is 27.5 Å². The molecule has 0 fully saturated rings. The zero-order valence-electron chi connectivity index (χ0n) is 14.4. The molecule has 3 nitrogen and oxygen atoms in total. The van der Waals surface area contributed by atoms with Crippen LogP contribution in [-0.4, -0.2) is 10.8 Å². The predicted molar refractivity (Wildman–Crippen MR) is 113 cm³/mol. The summed E-state index contributed by atoms with van der Waals surface area (Å²) in [5.74, 6) is 0.293. The highest BCUT2D eigenvalue weighted by Crippen LogP contribution is 2.34. The lowest BCUT2D eigenvalue weighted by molar-refractivity contribution is 0.412. The Morgan fingerprint density at radius 3 is 2.37 bits per heavy atom. The van der Waals surface area contributed by atoms with E-state index in [2.05, 4.69) is 33.4 Å². The van der Waals surface area contributed by atoms with Gasteiger partial charge in [0, 0.05) is 33.2 Å². The average Bonchev–Trinajstić information content (AvgIpc) is 2.69. The highest BCUT2D eigenvalue weighted by molar-refractivity contribution is 9.10. The van der Waals surface area contributed by atoms with Gasteiger partial charge < -0.3 is 5.11 Å². The lowest BCUT2D eigenvalue weighted by atomic mass is 9.93. The molecule has 3 aromatic carbocycles. The van der Waals surface area contributed by atoms with Gasteiger partial charge in [-0.25, -0.2) is 0 Å². The van der Waals surface area contributed by atoms with E-state index < -0.39 is 0 Å². The topological polar surface area (TPSA) is 44.6 Å². The van der Waals surface area contributed by atoms with Crippen molar-refractivity contribution in [3.8, 4) is 5.75 Å². The Bertz CT molecular complexity index is 970. The first-order valence-corrected chi connectivity index (χ1v) is 9.89. The van der Waals surface area contributed by atoms with E-state index in [-0.39, 0.29) is 12.2 Å². The molecule has 0 aliphatic carbocycles. The maximum atomic E-state index is 10.3. The number of phenols is 1. The summed E-state index contributed by atoms with van der Waals surface area (Å²) in [5, 5.41) is 14.6.